The van der Waals surface area contributed by atoms with Gasteiger partial charge in [-0.25, -0.2) is 13.6 Å². The van der Waals surface area contributed by atoms with Gasteiger partial charge in [0.25, 0.3) is 6.43 Å². The predicted octanol–water partition coefficient (Wildman–Crippen LogP) is -0.320. The molecule has 0 aliphatic carbocycles. The van der Waals surface area contributed by atoms with Crippen LogP contribution in [0.15, 0.2) is 0 Å². The molecule has 0 spiro atoms. The van der Waals surface area contributed by atoms with E-state index < -0.39 is 19.0 Å². The normalized spacial score (nSPS) is 16.4. The van der Waals surface area contributed by atoms with E-state index in [-0.39, 0.29) is 25.7 Å². The van der Waals surface area contributed by atoms with Gasteiger partial charge in [-0.15, -0.1) is 0 Å². The number of nitrogens with one attached hydrogen (secondary N) is 1. The number of carbonyl (C=O) groups is 2. The molecular weight excluding hydrogens is 276 g/mol. The van der Waals surface area contributed by atoms with E-state index in [1.807, 2.05) is 0 Å². The predicted molar refractivity (Wildman–Crippen MR) is 65.9 cm³/mol. The number of alkyl halides is 2. The molecule has 1 aliphatic rings. The highest BCUT2D eigenvalue weighted by Gasteiger charge is 2.21. The molecule has 0 aromatic carbocycles. The van der Waals surface area contributed by atoms with E-state index in [1.165, 1.54) is 0 Å². The zero-order valence-corrected chi connectivity index (χ0v) is 11.1. The Morgan fingerprint density at radius 3 is 2.45 bits per heavy atom. The molecule has 0 radical (unpaired) electrons. The Bertz CT molecular complexity index is 323. The molecule has 2 amide bonds. The molecule has 0 aromatic heterocycles. The molecule has 0 atom stereocenters. The summed E-state index contributed by atoms with van der Waals surface area (Å²) in [7, 11) is 0. The summed E-state index contributed by atoms with van der Waals surface area (Å²) in [5.41, 5.74) is 0. The minimum absolute atomic E-state index is 0.0308. The average Bonchev–Trinajstić information content (AvgIpc) is 2.38. The second kappa shape index (κ2) is 8.64. The molecule has 2 N–H and O–H groups in total. The average molecular weight is 295 g/mol. The third-order valence-electron chi connectivity index (χ3n) is 2.78. The van der Waals surface area contributed by atoms with Crippen LogP contribution in [0.4, 0.5) is 13.6 Å². The number of carboxylic acid groups (broad SMARTS) is 1. The summed E-state index contributed by atoms with van der Waals surface area (Å²) in [4.78, 5) is 25.5. The van der Waals surface area contributed by atoms with Crippen LogP contribution in [0.25, 0.3) is 0 Å². The summed E-state index contributed by atoms with van der Waals surface area (Å²) in [5.74, 6) is -0.890. The quantitative estimate of drug-likeness (QED) is 0.629. The molecule has 0 bridgehead atoms. The second-order valence-electron chi connectivity index (χ2n) is 4.35. The monoisotopic (exact) mass is 295 g/mol. The van der Waals surface area contributed by atoms with E-state index >= 15 is 0 Å². The first-order valence-corrected chi connectivity index (χ1v) is 6.32. The van der Waals surface area contributed by atoms with Crippen LogP contribution >= 0.6 is 0 Å². The van der Waals surface area contributed by atoms with E-state index in [0.717, 1.165) is 0 Å². The number of nitrogens with zero attached hydrogens (tertiary/aromatic N) is 2. The van der Waals surface area contributed by atoms with Crippen molar-refractivity contribution < 1.29 is 28.2 Å². The number of hydrogen-bond acceptors (Lipinski definition) is 4. The van der Waals surface area contributed by atoms with Gasteiger partial charge >= 0.3 is 12.0 Å². The zero-order chi connectivity index (χ0) is 15.0. The maximum absolute atomic E-state index is 11.8. The minimum atomic E-state index is -2.51. The van der Waals surface area contributed by atoms with Crippen molar-refractivity contribution in [1.82, 2.24) is 15.1 Å². The zero-order valence-electron chi connectivity index (χ0n) is 11.1. The first-order valence-electron chi connectivity index (χ1n) is 6.32. The topological polar surface area (TPSA) is 82.1 Å². The summed E-state index contributed by atoms with van der Waals surface area (Å²) < 4.78 is 28.2. The highest BCUT2D eigenvalue weighted by Crippen LogP contribution is 2.01. The standard InChI is InChI=1S/C11H19F2N3O4/c12-9(13)8-20-6-1-14-11(19)16-4-2-15(3-5-16)7-10(17)18/h9H,1-8H2,(H,14,19)(H,17,18). The highest BCUT2D eigenvalue weighted by atomic mass is 19.3. The number of carboxylic acids is 1. The Morgan fingerprint density at radius 1 is 1.25 bits per heavy atom. The number of urea groups is 1. The summed E-state index contributed by atoms with van der Waals surface area (Å²) in [6, 6.07) is -0.291. The lowest BCUT2D eigenvalue weighted by Gasteiger charge is -2.33. The Balaban J connectivity index is 2.11. The van der Waals surface area contributed by atoms with Gasteiger partial charge in [-0.05, 0) is 0 Å². The van der Waals surface area contributed by atoms with Crippen LogP contribution in [-0.2, 0) is 9.53 Å². The Kier molecular flexibility index (Phi) is 7.16. The number of amides is 2. The van der Waals surface area contributed by atoms with Crippen molar-refractivity contribution >= 4 is 12.0 Å². The van der Waals surface area contributed by atoms with Crippen LogP contribution < -0.4 is 5.32 Å². The maximum Gasteiger partial charge on any atom is 0.317 e. The molecule has 1 aliphatic heterocycles. The first-order chi connectivity index (χ1) is 9.49. The highest BCUT2D eigenvalue weighted by molar-refractivity contribution is 5.74. The van der Waals surface area contributed by atoms with E-state index in [2.05, 4.69) is 10.1 Å². The number of piperazine rings is 1. The molecule has 1 heterocycles. The fourth-order valence-electron chi connectivity index (χ4n) is 1.81. The van der Waals surface area contributed by atoms with E-state index in [0.29, 0.717) is 26.2 Å². The SMILES string of the molecule is O=C(O)CN1CCN(C(=O)NCCOCC(F)F)CC1. The van der Waals surface area contributed by atoms with Gasteiger partial charge in [-0.1, -0.05) is 0 Å². The molecule has 0 aromatic rings. The number of ether oxygens (including phenoxy) is 1. The van der Waals surface area contributed by atoms with Crippen molar-refractivity contribution in [2.75, 3.05) is 52.5 Å². The number of hydrogen-bond donors (Lipinski definition) is 2. The maximum atomic E-state index is 11.8. The molecule has 0 unspecified atom stereocenters. The fraction of sp³-hybridized carbons (Fsp3) is 0.818. The third-order valence-corrected chi connectivity index (χ3v) is 2.78. The van der Waals surface area contributed by atoms with Crippen molar-refractivity contribution in [3.05, 3.63) is 0 Å². The summed E-state index contributed by atoms with van der Waals surface area (Å²) >= 11 is 0. The van der Waals surface area contributed by atoms with Gasteiger partial charge in [0.15, 0.2) is 0 Å². The van der Waals surface area contributed by atoms with Gasteiger partial charge in [0.2, 0.25) is 0 Å². The lowest BCUT2D eigenvalue weighted by atomic mass is 10.3. The van der Waals surface area contributed by atoms with Gasteiger partial charge in [0.05, 0.1) is 13.2 Å². The second-order valence-corrected chi connectivity index (χ2v) is 4.35. The van der Waals surface area contributed by atoms with Gasteiger partial charge in [-0.2, -0.15) is 0 Å². The van der Waals surface area contributed by atoms with Crippen molar-refractivity contribution in [2.45, 2.75) is 6.43 Å². The lowest BCUT2D eigenvalue weighted by Crippen LogP contribution is -2.52. The van der Waals surface area contributed by atoms with Gasteiger partial charge < -0.3 is 20.1 Å². The van der Waals surface area contributed by atoms with Crippen LogP contribution in [0, 0.1) is 0 Å². The van der Waals surface area contributed by atoms with Crippen LogP contribution in [0.5, 0.6) is 0 Å². The number of carbonyl (C=O) groups excluding carboxylic acids is 1. The summed E-state index contributed by atoms with van der Waals surface area (Å²) in [5, 5.41) is 11.2. The lowest BCUT2D eigenvalue weighted by molar-refractivity contribution is -0.138. The Morgan fingerprint density at radius 2 is 1.90 bits per heavy atom. The van der Waals surface area contributed by atoms with Crippen molar-refractivity contribution in [1.29, 1.82) is 0 Å². The van der Waals surface area contributed by atoms with Crippen LogP contribution in [0.1, 0.15) is 0 Å². The first kappa shape index (κ1) is 16.6. The molecule has 20 heavy (non-hydrogen) atoms. The fourth-order valence-corrected chi connectivity index (χ4v) is 1.81. The van der Waals surface area contributed by atoms with Crippen molar-refractivity contribution in [2.24, 2.45) is 0 Å². The molecule has 1 rings (SSSR count). The van der Waals surface area contributed by atoms with E-state index in [1.54, 1.807) is 9.80 Å². The number of aliphatic carboxylic acids is 1. The van der Waals surface area contributed by atoms with Crippen LogP contribution in [-0.4, -0.2) is 85.8 Å². The van der Waals surface area contributed by atoms with Crippen LogP contribution in [0.2, 0.25) is 0 Å². The number of rotatable bonds is 7. The molecule has 9 heteroatoms. The molecule has 1 saturated heterocycles. The van der Waals surface area contributed by atoms with Crippen LogP contribution in [0.3, 0.4) is 0 Å². The molecular formula is C11H19F2N3O4. The molecule has 7 nitrogen and oxygen atoms in total. The Labute approximate surface area is 115 Å². The summed E-state index contributed by atoms with van der Waals surface area (Å²) in [6.07, 6.45) is -2.51. The van der Waals surface area contributed by atoms with Crippen molar-refractivity contribution in [3.63, 3.8) is 0 Å². The van der Waals surface area contributed by atoms with Crippen molar-refractivity contribution in [3.8, 4) is 0 Å². The van der Waals surface area contributed by atoms with Gasteiger partial charge in [0.1, 0.15) is 6.61 Å². The third kappa shape index (κ3) is 6.62. The molecule has 116 valence electrons. The van der Waals surface area contributed by atoms with Gasteiger partial charge in [0, 0.05) is 32.7 Å². The minimum Gasteiger partial charge on any atom is -0.480 e. The number of halogens is 2. The molecule has 0 saturated carbocycles. The largest absolute Gasteiger partial charge is 0.480 e. The molecule has 1 fully saturated rings. The summed E-state index contributed by atoms with van der Waals surface area (Å²) in [6.45, 7) is 1.42. The Hall–Kier alpha value is -1.48. The van der Waals surface area contributed by atoms with Gasteiger partial charge in [-0.3, -0.25) is 9.69 Å². The van der Waals surface area contributed by atoms with E-state index in [4.69, 9.17) is 5.11 Å². The smallest absolute Gasteiger partial charge is 0.317 e. The van der Waals surface area contributed by atoms with E-state index in [9.17, 15) is 18.4 Å².